The van der Waals surface area contributed by atoms with Gasteiger partial charge >= 0.3 is 0 Å². The average molecular weight is 240 g/mol. The van der Waals surface area contributed by atoms with E-state index in [2.05, 4.69) is 0 Å². The molecule has 1 fully saturated rings. The zero-order valence-corrected chi connectivity index (χ0v) is 9.17. The molecule has 0 unspecified atom stereocenters. The van der Waals surface area contributed by atoms with E-state index in [0.29, 0.717) is 31.6 Å². The summed E-state index contributed by atoms with van der Waals surface area (Å²) < 4.78 is 13.0. The van der Waals surface area contributed by atoms with E-state index in [0.717, 1.165) is 6.07 Å². The third-order valence-electron chi connectivity index (χ3n) is 2.94. The number of nitro benzene ring substituents is 1. The minimum Gasteiger partial charge on any atom is -0.393 e. The third-order valence-corrected chi connectivity index (χ3v) is 2.94. The normalized spacial score (nSPS) is 17.2. The zero-order valence-electron chi connectivity index (χ0n) is 9.17. The van der Waals surface area contributed by atoms with Crippen LogP contribution in [0.2, 0.25) is 0 Å². The summed E-state index contributed by atoms with van der Waals surface area (Å²) >= 11 is 0. The van der Waals surface area contributed by atoms with Gasteiger partial charge < -0.3 is 10.0 Å². The largest absolute Gasteiger partial charge is 0.393 e. The second-order valence-corrected chi connectivity index (χ2v) is 4.11. The van der Waals surface area contributed by atoms with E-state index in [9.17, 15) is 19.6 Å². The molecule has 0 aromatic heterocycles. The van der Waals surface area contributed by atoms with E-state index in [1.54, 1.807) is 0 Å². The molecule has 1 saturated heterocycles. The Morgan fingerprint density at radius 1 is 1.41 bits per heavy atom. The van der Waals surface area contributed by atoms with Crippen LogP contribution in [0.3, 0.4) is 0 Å². The van der Waals surface area contributed by atoms with Gasteiger partial charge in [-0.2, -0.15) is 0 Å². The molecule has 5 nitrogen and oxygen atoms in total. The van der Waals surface area contributed by atoms with Gasteiger partial charge in [0.2, 0.25) is 0 Å². The molecule has 2 rings (SSSR count). The van der Waals surface area contributed by atoms with Crippen LogP contribution >= 0.6 is 0 Å². The van der Waals surface area contributed by atoms with Crippen molar-refractivity contribution in [3.63, 3.8) is 0 Å². The fourth-order valence-electron chi connectivity index (χ4n) is 2.02. The van der Waals surface area contributed by atoms with E-state index >= 15 is 0 Å². The van der Waals surface area contributed by atoms with Crippen molar-refractivity contribution in [3.8, 4) is 0 Å². The van der Waals surface area contributed by atoms with Gasteiger partial charge in [0.15, 0.2) is 0 Å². The van der Waals surface area contributed by atoms with Gasteiger partial charge in [0.25, 0.3) is 5.69 Å². The standard InChI is InChI=1S/C11H13FN2O3/c12-8-1-2-10(11(7-8)14(16)17)13-5-3-9(15)4-6-13/h1-2,7,9,15H,3-6H2. The van der Waals surface area contributed by atoms with Crippen LogP contribution in [0.4, 0.5) is 15.8 Å². The predicted octanol–water partition coefficient (Wildman–Crippen LogP) is 1.69. The van der Waals surface area contributed by atoms with Crippen LogP contribution in [0, 0.1) is 15.9 Å². The number of hydrogen-bond donors (Lipinski definition) is 1. The summed E-state index contributed by atoms with van der Waals surface area (Å²) in [6, 6.07) is 3.57. The first-order chi connectivity index (χ1) is 8.08. The van der Waals surface area contributed by atoms with Crippen LogP contribution < -0.4 is 4.90 Å². The smallest absolute Gasteiger partial charge is 0.295 e. The minimum atomic E-state index is -0.613. The fourth-order valence-corrected chi connectivity index (χ4v) is 2.02. The molecule has 1 aliphatic heterocycles. The maximum absolute atomic E-state index is 13.0. The number of rotatable bonds is 2. The van der Waals surface area contributed by atoms with Crippen LogP contribution in [0.5, 0.6) is 0 Å². The van der Waals surface area contributed by atoms with Crippen molar-refractivity contribution >= 4 is 11.4 Å². The number of piperidine rings is 1. The lowest BCUT2D eigenvalue weighted by Crippen LogP contribution is -2.36. The lowest BCUT2D eigenvalue weighted by atomic mass is 10.1. The third kappa shape index (κ3) is 2.52. The Kier molecular flexibility index (Phi) is 3.23. The summed E-state index contributed by atoms with van der Waals surface area (Å²) in [5.41, 5.74) is 0.199. The molecule has 0 aliphatic carbocycles. The van der Waals surface area contributed by atoms with Gasteiger partial charge in [-0.3, -0.25) is 10.1 Å². The quantitative estimate of drug-likeness (QED) is 0.631. The van der Waals surface area contributed by atoms with Gasteiger partial charge in [0.1, 0.15) is 11.5 Å². The Bertz CT molecular complexity index is 431. The molecular weight excluding hydrogens is 227 g/mol. The molecule has 0 atom stereocenters. The van der Waals surface area contributed by atoms with Crippen LogP contribution in [0.15, 0.2) is 18.2 Å². The van der Waals surface area contributed by atoms with Crippen molar-refractivity contribution in [1.29, 1.82) is 0 Å². The Balaban J connectivity index is 2.28. The van der Waals surface area contributed by atoms with Gasteiger partial charge in [-0.1, -0.05) is 0 Å². The number of anilines is 1. The number of hydrogen-bond acceptors (Lipinski definition) is 4. The molecule has 1 aliphatic rings. The second kappa shape index (κ2) is 4.67. The Hall–Kier alpha value is -1.69. The second-order valence-electron chi connectivity index (χ2n) is 4.11. The lowest BCUT2D eigenvalue weighted by molar-refractivity contribution is -0.384. The monoisotopic (exact) mass is 240 g/mol. The number of nitro groups is 1. The number of benzene rings is 1. The van der Waals surface area contributed by atoms with E-state index in [1.165, 1.54) is 12.1 Å². The van der Waals surface area contributed by atoms with Gasteiger partial charge in [-0.25, -0.2) is 4.39 Å². The number of nitrogens with zero attached hydrogens (tertiary/aromatic N) is 2. The van der Waals surface area contributed by atoms with Gasteiger partial charge in [0, 0.05) is 13.1 Å². The van der Waals surface area contributed by atoms with Gasteiger partial charge in [-0.15, -0.1) is 0 Å². The lowest BCUT2D eigenvalue weighted by Gasteiger charge is -2.30. The van der Waals surface area contributed by atoms with Crippen LogP contribution in [0.25, 0.3) is 0 Å². The first-order valence-electron chi connectivity index (χ1n) is 5.45. The van der Waals surface area contributed by atoms with Crippen molar-refractivity contribution in [2.75, 3.05) is 18.0 Å². The van der Waals surface area contributed by atoms with Crippen molar-refractivity contribution in [2.24, 2.45) is 0 Å². The van der Waals surface area contributed by atoms with Crippen molar-refractivity contribution < 1.29 is 14.4 Å². The number of halogens is 1. The SMILES string of the molecule is O=[N+]([O-])c1cc(F)ccc1N1CCC(O)CC1. The molecule has 0 radical (unpaired) electrons. The van der Waals surface area contributed by atoms with E-state index in [1.807, 2.05) is 4.90 Å². The molecule has 0 bridgehead atoms. The highest BCUT2D eigenvalue weighted by Gasteiger charge is 2.24. The molecule has 0 spiro atoms. The fraction of sp³-hybridized carbons (Fsp3) is 0.455. The molecule has 92 valence electrons. The highest BCUT2D eigenvalue weighted by molar-refractivity contribution is 5.63. The molecule has 0 saturated carbocycles. The zero-order chi connectivity index (χ0) is 12.4. The minimum absolute atomic E-state index is 0.221. The van der Waals surface area contributed by atoms with Gasteiger partial charge in [-0.05, 0) is 25.0 Å². The topological polar surface area (TPSA) is 66.6 Å². The first-order valence-corrected chi connectivity index (χ1v) is 5.45. The highest BCUT2D eigenvalue weighted by atomic mass is 19.1. The maximum Gasteiger partial charge on any atom is 0.295 e. The predicted molar refractivity (Wildman–Crippen MR) is 60.5 cm³/mol. The Morgan fingerprint density at radius 3 is 2.65 bits per heavy atom. The first kappa shape index (κ1) is 11.8. The molecule has 6 heteroatoms. The maximum atomic E-state index is 13.0. The number of aliphatic hydroxyl groups is 1. The molecule has 0 amide bonds. The van der Waals surface area contributed by atoms with Crippen molar-refractivity contribution in [1.82, 2.24) is 0 Å². The van der Waals surface area contributed by atoms with Crippen molar-refractivity contribution in [2.45, 2.75) is 18.9 Å². The molecule has 17 heavy (non-hydrogen) atoms. The van der Waals surface area contributed by atoms with Gasteiger partial charge in [0.05, 0.1) is 17.1 Å². The van der Waals surface area contributed by atoms with Crippen molar-refractivity contribution in [3.05, 3.63) is 34.1 Å². The Labute approximate surface area is 97.6 Å². The summed E-state index contributed by atoms with van der Waals surface area (Å²) in [5.74, 6) is -0.613. The summed E-state index contributed by atoms with van der Waals surface area (Å²) in [6.07, 6.45) is 0.814. The van der Waals surface area contributed by atoms with Crippen LogP contribution in [-0.2, 0) is 0 Å². The summed E-state index contributed by atoms with van der Waals surface area (Å²) in [5, 5.41) is 20.2. The van der Waals surface area contributed by atoms with E-state index < -0.39 is 10.7 Å². The van der Waals surface area contributed by atoms with E-state index in [4.69, 9.17) is 0 Å². The highest BCUT2D eigenvalue weighted by Crippen LogP contribution is 2.30. The summed E-state index contributed by atoms with van der Waals surface area (Å²) in [4.78, 5) is 12.1. The molecule has 1 N–H and O–H groups in total. The number of aliphatic hydroxyl groups excluding tert-OH is 1. The molecule has 1 aromatic carbocycles. The molecular formula is C11H13FN2O3. The average Bonchev–Trinajstić information content (AvgIpc) is 2.30. The van der Waals surface area contributed by atoms with Crippen LogP contribution in [0.1, 0.15) is 12.8 Å². The summed E-state index contributed by atoms with van der Waals surface area (Å²) in [7, 11) is 0. The Morgan fingerprint density at radius 2 is 2.06 bits per heavy atom. The van der Waals surface area contributed by atoms with Crippen LogP contribution in [-0.4, -0.2) is 29.2 Å². The van der Waals surface area contributed by atoms with E-state index in [-0.39, 0.29) is 11.8 Å². The molecule has 1 heterocycles. The molecule has 1 aromatic rings. The summed E-state index contributed by atoms with van der Waals surface area (Å²) in [6.45, 7) is 1.10.